The van der Waals surface area contributed by atoms with Crippen molar-refractivity contribution in [2.75, 3.05) is 12.0 Å². The first kappa shape index (κ1) is 20.2. The number of aryl methyl sites for hydroxylation is 3. The Morgan fingerprint density at radius 2 is 1.90 bits per heavy atom. The maximum Gasteiger partial charge on any atom is 0.233 e. The largest absolute Gasteiger partial charge is 0.494 e. The molecule has 4 rings (SSSR count). The number of carbonyl (C=O) groups excluding carboxylic acids is 1. The molecule has 0 unspecified atom stereocenters. The average Bonchev–Trinajstić information content (AvgIpc) is 3.37. The standard InChI is InChI=1S/C24H24N2O3S/c1-15-11-16(2)19(17(3)12-15)13-22(27)26(14-18-7-6-10-29-18)24-25-23-20(28-4)8-5-9-21(23)30-24/h5-12H,13-14H2,1-4H3. The number of fused-ring (bicyclic) bond motifs is 1. The number of nitrogens with zero attached hydrogens (tertiary/aromatic N) is 2. The molecule has 0 bridgehead atoms. The summed E-state index contributed by atoms with van der Waals surface area (Å²) in [6.07, 6.45) is 1.93. The minimum atomic E-state index is -0.0144. The number of methoxy groups -OCH3 is 1. The van der Waals surface area contributed by atoms with E-state index >= 15 is 0 Å². The van der Waals surface area contributed by atoms with Crippen molar-refractivity contribution >= 4 is 32.6 Å². The highest BCUT2D eigenvalue weighted by Crippen LogP contribution is 2.35. The first-order valence-corrected chi connectivity index (χ1v) is 10.6. The van der Waals surface area contributed by atoms with Gasteiger partial charge in [0, 0.05) is 0 Å². The summed E-state index contributed by atoms with van der Waals surface area (Å²) in [5.74, 6) is 1.40. The molecule has 0 fully saturated rings. The molecule has 0 aliphatic carbocycles. The third-order valence-electron chi connectivity index (χ3n) is 5.18. The highest BCUT2D eigenvalue weighted by atomic mass is 32.1. The first-order chi connectivity index (χ1) is 14.5. The maximum atomic E-state index is 13.5. The molecule has 154 valence electrons. The van der Waals surface area contributed by atoms with E-state index in [0.717, 1.165) is 26.9 Å². The van der Waals surface area contributed by atoms with E-state index in [1.807, 2.05) is 30.3 Å². The minimum absolute atomic E-state index is 0.0144. The van der Waals surface area contributed by atoms with Crippen LogP contribution in [0, 0.1) is 20.8 Å². The van der Waals surface area contributed by atoms with Gasteiger partial charge in [-0.2, -0.15) is 0 Å². The van der Waals surface area contributed by atoms with Gasteiger partial charge >= 0.3 is 0 Å². The van der Waals surface area contributed by atoms with E-state index in [9.17, 15) is 4.79 Å². The molecule has 0 N–H and O–H groups in total. The number of thiazole rings is 1. The molecule has 5 nitrogen and oxygen atoms in total. The molecule has 0 radical (unpaired) electrons. The molecule has 30 heavy (non-hydrogen) atoms. The maximum absolute atomic E-state index is 13.5. The van der Waals surface area contributed by atoms with Crippen LogP contribution in [0.5, 0.6) is 5.75 Å². The summed E-state index contributed by atoms with van der Waals surface area (Å²) in [6, 6.07) is 13.7. The number of aromatic nitrogens is 1. The monoisotopic (exact) mass is 420 g/mol. The summed E-state index contributed by atoms with van der Waals surface area (Å²) in [5.41, 5.74) is 5.29. The van der Waals surface area contributed by atoms with Crippen LogP contribution in [0.15, 0.2) is 53.1 Å². The number of hydrogen-bond acceptors (Lipinski definition) is 5. The topological polar surface area (TPSA) is 55.6 Å². The zero-order valence-electron chi connectivity index (χ0n) is 17.6. The predicted octanol–water partition coefficient (Wildman–Crippen LogP) is 5.60. The molecular weight excluding hydrogens is 396 g/mol. The second kappa shape index (κ2) is 8.32. The Balaban J connectivity index is 1.72. The third kappa shape index (κ3) is 3.96. The second-order valence-corrected chi connectivity index (χ2v) is 8.43. The van der Waals surface area contributed by atoms with Crippen molar-refractivity contribution in [2.45, 2.75) is 33.7 Å². The van der Waals surface area contributed by atoms with E-state index in [2.05, 4.69) is 32.9 Å². The van der Waals surface area contributed by atoms with Gasteiger partial charge in [0.15, 0.2) is 5.13 Å². The number of para-hydroxylation sites is 1. The van der Waals surface area contributed by atoms with Gasteiger partial charge in [0.25, 0.3) is 0 Å². The fraction of sp³-hybridized carbons (Fsp3) is 0.250. The van der Waals surface area contributed by atoms with Gasteiger partial charge in [-0.25, -0.2) is 4.98 Å². The quantitative estimate of drug-likeness (QED) is 0.407. The van der Waals surface area contributed by atoms with Crippen LogP contribution in [-0.2, 0) is 17.8 Å². The van der Waals surface area contributed by atoms with E-state index in [-0.39, 0.29) is 5.91 Å². The molecule has 0 spiro atoms. The first-order valence-electron chi connectivity index (χ1n) is 9.79. The number of rotatable bonds is 6. The van der Waals surface area contributed by atoms with Crippen molar-refractivity contribution in [3.63, 3.8) is 0 Å². The van der Waals surface area contributed by atoms with Crippen molar-refractivity contribution in [3.05, 3.63) is 76.7 Å². The smallest absolute Gasteiger partial charge is 0.233 e. The number of anilines is 1. The Hall–Kier alpha value is -3.12. The molecule has 2 heterocycles. The molecule has 0 aliphatic heterocycles. The summed E-state index contributed by atoms with van der Waals surface area (Å²) in [4.78, 5) is 19.9. The molecule has 0 saturated heterocycles. The van der Waals surface area contributed by atoms with Crippen molar-refractivity contribution in [3.8, 4) is 5.75 Å². The summed E-state index contributed by atoms with van der Waals surface area (Å²) in [5, 5.41) is 0.637. The van der Waals surface area contributed by atoms with E-state index < -0.39 is 0 Å². The Kier molecular flexibility index (Phi) is 5.59. The number of benzene rings is 2. The molecule has 2 aromatic heterocycles. The van der Waals surface area contributed by atoms with Crippen LogP contribution in [0.1, 0.15) is 28.0 Å². The van der Waals surface area contributed by atoms with E-state index in [1.54, 1.807) is 18.3 Å². The second-order valence-electron chi connectivity index (χ2n) is 7.42. The Labute approximate surface area is 179 Å². The Morgan fingerprint density at radius 1 is 1.13 bits per heavy atom. The Morgan fingerprint density at radius 3 is 2.57 bits per heavy atom. The van der Waals surface area contributed by atoms with Crippen LogP contribution in [0.4, 0.5) is 5.13 Å². The molecule has 6 heteroatoms. The van der Waals surface area contributed by atoms with Crippen LogP contribution >= 0.6 is 11.3 Å². The lowest BCUT2D eigenvalue weighted by molar-refractivity contribution is -0.118. The lowest BCUT2D eigenvalue weighted by Gasteiger charge is -2.20. The van der Waals surface area contributed by atoms with Gasteiger partial charge in [-0.15, -0.1) is 0 Å². The fourth-order valence-corrected chi connectivity index (χ4v) is 4.75. The molecule has 2 aromatic carbocycles. The molecule has 1 amide bonds. The SMILES string of the molecule is COc1cccc2sc(N(Cc3ccco3)C(=O)Cc3c(C)cc(C)cc3C)nc12. The van der Waals surface area contributed by atoms with Crippen LogP contribution in [0.25, 0.3) is 10.2 Å². The van der Waals surface area contributed by atoms with Gasteiger partial charge in [0.05, 0.1) is 31.0 Å². The van der Waals surface area contributed by atoms with Gasteiger partial charge in [-0.1, -0.05) is 35.1 Å². The van der Waals surface area contributed by atoms with E-state index in [1.165, 1.54) is 16.9 Å². The molecule has 0 saturated carbocycles. The van der Waals surface area contributed by atoms with Gasteiger partial charge in [0.1, 0.15) is 17.0 Å². The third-order valence-corrected chi connectivity index (χ3v) is 6.23. The van der Waals surface area contributed by atoms with Crippen molar-refractivity contribution in [1.29, 1.82) is 0 Å². The normalized spacial score (nSPS) is 11.1. The van der Waals surface area contributed by atoms with Crippen molar-refractivity contribution in [1.82, 2.24) is 4.98 Å². The fourth-order valence-electron chi connectivity index (χ4n) is 3.75. The highest BCUT2D eigenvalue weighted by Gasteiger charge is 2.23. The lowest BCUT2D eigenvalue weighted by Crippen LogP contribution is -2.32. The number of amides is 1. The molecule has 4 aromatic rings. The van der Waals surface area contributed by atoms with Crippen LogP contribution in [-0.4, -0.2) is 18.0 Å². The molecular formula is C24H24N2O3S. The van der Waals surface area contributed by atoms with Crippen LogP contribution in [0.3, 0.4) is 0 Å². The Bertz CT molecular complexity index is 1170. The van der Waals surface area contributed by atoms with Gasteiger partial charge in [-0.3, -0.25) is 9.69 Å². The molecule has 0 atom stereocenters. The summed E-state index contributed by atoms with van der Waals surface area (Å²) < 4.78 is 11.9. The van der Waals surface area contributed by atoms with E-state index in [0.29, 0.717) is 29.6 Å². The van der Waals surface area contributed by atoms with Crippen LogP contribution in [0.2, 0.25) is 0 Å². The van der Waals surface area contributed by atoms with Crippen LogP contribution < -0.4 is 9.64 Å². The average molecular weight is 421 g/mol. The van der Waals surface area contributed by atoms with Gasteiger partial charge < -0.3 is 9.15 Å². The van der Waals surface area contributed by atoms with Crippen molar-refractivity contribution in [2.24, 2.45) is 0 Å². The molecule has 0 aliphatic rings. The van der Waals surface area contributed by atoms with Gasteiger partial charge in [0.2, 0.25) is 5.91 Å². The number of hydrogen-bond donors (Lipinski definition) is 0. The summed E-state index contributed by atoms with van der Waals surface area (Å²) >= 11 is 1.48. The summed E-state index contributed by atoms with van der Waals surface area (Å²) in [7, 11) is 1.63. The van der Waals surface area contributed by atoms with E-state index in [4.69, 9.17) is 14.1 Å². The lowest BCUT2D eigenvalue weighted by atomic mass is 9.97. The number of carbonyl (C=O) groups is 1. The number of furan rings is 1. The summed E-state index contributed by atoms with van der Waals surface area (Å²) in [6.45, 7) is 6.52. The predicted molar refractivity (Wildman–Crippen MR) is 120 cm³/mol. The zero-order valence-corrected chi connectivity index (χ0v) is 18.4. The van der Waals surface area contributed by atoms with Gasteiger partial charge in [-0.05, 0) is 61.7 Å². The zero-order chi connectivity index (χ0) is 21.3. The number of ether oxygens (including phenoxy) is 1. The minimum Gasteiger partial charge on any atom is -0.494 e. The highest BCUT2D eigenvalue weighted by molar-refractivity contribution is 7.22. The van der Waals surface area contributed by atoms with Crippen molar-refractivity contribution < 1.29 is 13.9 Å².